The summed E-state index contributed by atoms with van der Waals surface area (Å²) in [6.07, 6.45) is 0. The Balaban J connectivity index is 1.64. The summed E-state index contributed by atoms with van der Waals surface area (Å²) in [4.78, 5) is 25.8. The number of methoxy groups -OCH3 is 3. The number of amides is 1. The standard InChI is InChI=1S/C26H23NO6/c1-15-19-14-18(10-11-20(19)33-24(15)23(28)16-8-6-5-7-9-16)27-26(29)17-12-21(30-2)25(32-4)22(13-17)31-3/h5-14H,1-4H3,(H,27,29). The number of carbonyl (C=O) groups excluding carboxylic acids is 2. The van der Waals surface area contributed by atoms with Gasteiger partial charge in [-0.3, -0.25) is 9.59 Å². The van der Waals surface area contributed by atoms with Crippen LogP contribution in [0.2, 0.25) is 0 Å². The van der Waals surface area contributed by atoms with E-state index in [1.54, 1.807) is 42.5 Å². The third-order valence-electron chi connectivity index (χ3n) is 5.36. The Hall–Kier alpha value is -4.26. The minimum atomic E-state index is -0.352. The van der Waals surface area contributed by atoms with Gasteiger partial charge in [-0.05, 0) is 37.3 Å². The molecular weight excluding hydrogens is 422 g/mol. The van der Waals surface area contributed by atoms with Gasteiger partial charge in [0.2, 0.25) is 11.5 Å². The van der Waals surface area contributed by atoms with Crippen molar-refractivity contribution in [2.45, 2.75) is 6.92 Å². The van der Waals surface area contributed by atoms with E-state index in [2.05, 4.69) is 5.32 Å². The van der Waals surface area contributed by atoms with Gasteiger partial charge in [-0.15, -0.1) is 0 Å². The van der Waals surface area contributed by atoms with E-state index >= 15 is 0 Å². The van der Waals surface area contributed by atoms with E-state index in [0.717, 1.165) is 5.39 Å². The Morgan fingerprint density at radius 1 is 0.818 bits per heavy atom. The lowest BCUT2D eigenvalue weighted by atomic mass is 10.0. The first-order chi connectivity index (χ1) is 16.0. The van der Waals surface area contributed by atoms with Gasteiger partial charge in [-0.1, -0.05) is 30.3 Å². The van der Waals surface area contributed by atoms with Gasteiger partial charge >= 0.3 is 0 Å². The molecule has 1 N–H and O–H groups in total. The molecule has 1 amide bonds. The Bertz CT molecular complexity index is 1310. The minimum absolute atomic E-state index is 0.188. The van der Waals surface area contributed by atoms with Crippen LogP contribution in [0.3, 0.4) is 0 Å². The minimum Gasteiger partial charge on any atom is -0.493 e. The average Bonchev–Trinajstić information content (AvgIpc) is 3.18. The van der Waals surface area contributed by atoms with Crippen molar-refractivity contribution in [3.8, 4) is 17.2 Å². The smallest absolute Gasteiger partial charge is 0.255 e. The van der Waals surface area contributed by atoms with E-state index in [1.807, 2.05) is 25.1 Å². The topological polar surface area (TPSA) is 87.0 Å². The Morgan fingerprint density at radius 2 is 1.48 bits per heavy atom. The molecule has 0 aliphatic rings. The van der Waals surface area contributed by atoms with Crippen LogP contribution in [0.5, 0.6) is 17.2 Å². The van der Waals surface area contributed by atoms with Crippen molar-refractivity contribution < 1.29 is 28.2 Å². The predicted octanol–water partition coefficient (Wildman–Crippen LogP) is 5.25. The van der Waals surface area contributed by atoms with Crippen LogP contribution in [0.4, 0.5) is 5.69 Å². The van der Waals surface area contributed by atoms with Crippen molar-refractivity contribution in [2.24, 2.45) is 0 Å². The summed E-state index contributed by atoms with van der Waals surface area (Å²) in [7, 11) is 4.48. The first-order valence-electron chi connectivity index (χ1n) is 10.2. The fraction of sp³-hybridized carbons (Fsp3) is 0.154. The van der Waals surface area contributed by atoms with Crippen LogP contribution in [0.1, 0.15) is 32.0 Å². The number of fused-ring (bicyclic) bond motifs is 1. The highest BCUT2D eigenvalue weighted by Gasteiger charge is 2.20. The molecule has 4 rings (SSSR count). The quantitative estimate of drug-likeness (QED) is 0.391. The lowest BCUT2D eigenvalue weighted by Gasteiger charge is -2.14. The molecule has 0 saturated carbocycles. The van der Waals surface area contributed by atoms with E-state index in [-0.39, 0.29) is 17.5 Å². The van der Waals surface area contributed by atoms with E-state index in [4.69, 9.17) is 18.6 Å². The Morgan fingerprint density at radius 3 is 2.09 bits per heavy atom. The maximum absolute atomic E-state index is 12.9. The average molecular weight is 445 g/mol. The first kappa shape index (κ1) is 22.0. The van der Waals surface area contributed by atoms with Crippen molar-refractivity contribution in [1.29, 1.82) is 0 Å². The summed E-state index contributed by atoms with van der Waals surface area (Å²) in [5, 5.41) is 3.62. The molecule has 0 aliphatic heterocycles. The van der Waals surface area contributed by atoms with Crippen LogP contribution >= 0.6 is 0 Å². The first-order valence-corrected chi connectivity index (χ1v) is 10.2. The number of hydrogen-bond donors (Lipinski definition) is 1. The molecule has 0 bridgehead atoms. The monoisotopic (exact) mass is 445 g/mol. The molecular formula is C26H23NO6. The van der Waals surface area contributed by atoms with Gasteiger partial charge in [0.1, 0.15) is 5.58 Å². The lowest BCUT2D eigenvalue weighted by Crippen LogP contribution is -2.12. The second-order valence-electron chi connectivity index (χ2n) is 7.33. The van der Waals surface area contributed by atoms with Gasteiger partial charge in [0.05, 0.1) is 21.3 Å². The van der Waals surface area contributed by atoms with E-state index < -0.39 is 0 Å². The number of anilines is 1. The molecule has 7 heteroatoms. The number of benzene rings is 3. The van der Waals surface area contributed by atoms with E-state index in [1.165, 1.54) is 21.3 Å². The van der Waals surface area contributed by atoms with Crippen molar-refractivity contribution in [3.63, 3.8) is 0 Å². The largest absolute Gasteiger partial charge is 0.493 e. The maximum Gasteiger partial charge on any atom is 0.255 e. The number of carbonyl (C=O) groups is 2. The number of hydrogen-bond acceptors (Lipinski definition) is 6. The predicted molar refractivity (Wildman–Crippen MR) is 125 cm³/mol. The summed E-state index contributed by atoms with van der Waals surface area (Å²) in [5.74, 6) is 0.911. The molecule has 0 fully saturated rings. The fourth-order valence-corrected chi connectivity index (χ4v) is 3.65. The summed E-state index contributed by atoms with van der Waals surface area (Å²) >= 11 is 0. The van der Waals surface area contributed by atoms with Crippen LogP contribution < -0.4 is 19.5 Å². The van der Waals surface area contributed by atoms with Gasteiger partial charge in [-0.25, -0.2) is 0 Å². The molecule has 33 heavy (non-hydrogen) atoms. The van der Waals surface area contributed by atoms with Gasteiger partial charge in [0, 0.05) is 27.8 Å². The molecule has 7 nitrogen and oxygen atoms in total. The van der Waals surface area contributed by atoms with Gasteiger partial charge in [-0.2, -0.15) is 0 Å². The van der Waals surface area contributed by atoms with Crippen LogP contribution in [-0.4, -0.2) is 33.0 Å². The zero-order valence-corrected chi connectivity index (χ0v) is 18.7. The maximum atomic E-state index is 12.9. The molecule has 0 radical (unpaired) electrons. The van der Waals surface area contributed by atoms with Crippen LogP contribution in [0.25, 0.3) is 11.0 Å². The van der Waals surface area contributed by atoms with Crippen LogP contribution in [0.15, 0.2) is 65.1 Å². The second-order valence-corrected chi connectivity index (χ2v) is 7.33. The van der Waals surface area contributed by atoms with Gasteiger partial charge < -0.3 is 23.9 Å². The lowest BCUT2D eigenvalue weighted by molar-refractivity contribution is 0.101. The third-order valence-corrected chi connectivity index (χ3v) is 5.36. The summed E-state index contributed by atoms with van der Waals surface area (Å²) < 4.78 is 21.8. The Labute approximate surface area is 190 Å². The third kappa shape index (κ3) is 4.13. The zero-order chi connectivity index (χ0) is 23.5. The number of rotatable bonds is 7. The molecule has 168 valence electrons. The highest BCUT2D eigenvalue weighted by atomic mass is 16.5. The normalized spacial score (nSPS) is 10.7. The number of nitrogens with one attached hydrogen (secondary N) is 1. The molecule has 0 unspecified atom stereocenters. The van der Waals surface area contributed by atoms with Crippen molar-refractivity contribution in [2.75, 3.05) is 26.6 Å². The molecule has 4 aromatic rings. The molecule has 0 aliphatic carbocycles. The highest BCUT2D eigenvalue weighted by molar-refractivity contribution is 6.11. The molecule has 1 aromatic heterocycles. The number of ketones is 1. The van der Waals surface area contributed by atoms with Crippen molar-refractivity contribution >= 4 is 28.3 Å². The van der Waals surface area contributed by atoms with Gasteiger partial charge in [0.15, 0.2) is 17.3 Å². The van der Waals surface area contributed by atoms with E-state index in [0.29, 0.717) is 45.2 Å². The summed E-state index contributed by atoms with van der Waals surface area (Å²) in [6.45, 7) is 1.83. The molecule has 0 atom stereocenters. The van der Waals surface area contributed by atoms with E-state index in [9.17, 15) is 9.59 Å². The van der Waals surface area contributed by atoms with Gasteiger partial charge in [0.25, 0.3) is 5.91 Å². The summed E-state index contributed by atoms with van der Waals surface area (Å²) in [5.41, 5.74) is 2.73. The Kier molecular flexibility index (Phi) is 6.04. The number of ether oxygens (including phenoxy) is 3. The molecule has 0 spiro atoms. The van der Waals surface area contributed by atoms with Crippen LogP contribution in [0, 0.1) is 6.92 Å². The van der Waals surface area contributed by atoms with Crippen molar-refractivity contribution in [3.05, 3.63) is 83.1 Å². The zero-order valence-electron chi connectivity index (χ0n) is 18.7. The molecule has 3 aromatic carbocycles. The molecule has 1 heterocycles. The second kappa shape index (κ2) is 9.08. The molecule has 0 saturated heterocycles. The SMILES string of the molecule is COc1cc(C(=O)Nc2ccc3oc(C(=O)c4ccccc4)c(C)c3c2)cc(OC)c1OC. The van der Waals surface area contributed by atoms with Crippen molar-refractivity contribution in [1.82, 2.24) is 0 Å². The fourth-order valence-electron chi connectivity index (χ4n) is 3.65. The number of furan rings is 1. The van der Waals surface area contributed by atoms with Crippen LogP contribution in [-0.2, 0) is 0 Å². The summed E-state index contributed by atoms with van der Waals surface area (Å²) in [6, 6.07) is 17.4. The number of aryl methyl sites for hydroxylation is 1. The highest BCUT2D eigenvalue weighted by Crippen LogP contribution is 2.38.